The number of nitriles is 1. The molecule has 0 aliphatic carbocycles. The van der Waals surface area contributed by atoms with Crippen LogP contribution in [0.15, 0.2) is 30.3 Å². The molecule has 0 saturated carbocycles. The van der Waals surface area contributed by atoms with Gasteiger partial charge in [0.2, 0.25) is 5.91 Å². The van der Waals surface area contributed by atoms with Crippen molar-refractivity contribution in [2.75, 3.05) is 18.5 Å². The van der Waals surface area contributed by atoms with E-state index < -0.39 is 0 Å². The monoisotopic (exact) mass is 397 g/mol. The normalized spacial score (nSPS) is 14.0. The van der Waals surface area contributed by atoms with E-state index in [-0.39, 0.29) is 17.9 Å². The molecule has 2 aromatic rings. The summed E-state index contributed by atoms with van der Waals surface area (Å²) in [6, 6.07) is 12.1. The van der Waals surface area contributed by atoms with Gasteiger partial charge in [-0.05, 0) is 30.4 Å². The van der Waals surface area contributed by atoms with Gasteiger partial charge in [-0.1, -0.05) is 37.3 Å². The molecule has 2 heterocycles. The van der Waals surface area contributed by atoms with Crippen LogP contribution in [0.25, 0.3) is 0 Å². The molecule has 1 atom stereocenters. The number of hydrogen-bond donors (Lipinski definition) is 1. The van der Waals surface area contributed by atoms with Crippen molar-refractivity contribution < 1.29 is 14.3 Å². The van der Waals surface area contributed by atoms with Crippen LogP contribution in [-0.4, -0.2) is 30.1 Å². The first-order chi connectivity index (χ1) is 13.5. The van der Waals surface area contributed by atoms with Gasteiger partial charge in [0.15, 0.2) is 0 Å². The van der Waals surface area contributed by atoms with Gasteiger partial charge in [-0.3, -0.25) is 4.79 Å². The second-order valence-corrected chi connectivity index (χ2v) is 7.86. The average Bonchev–Trinajstić information content (AvgIpc) is 3.04. The highest BCUT2D eigenvalue weighted by atomic mass is 32.1. The predicted octanol–water partition coefficient (Wildman–Crippen LogP) is 4.27. The highest BCUT2D eigenvalue weighted by Crippen LogP contribution is 2.37. The van der Waals surface area contributed by atoms with Gasteiger partial charge in [0.1, 0.15) is 11.1 Å². The van der Waals surface area contributed by atoms with Crippen molar-refractivity contribution in [3.8, 4) is 6.07 Å². The summed E-state index contributed by atoms with van der Waals surface area (Å²) in [5.74, 6) is -0.0330. The van der Waals surface area contributed by atoms with Gasteiger partial charge in [0, 0.05) is 17.8 Å². The summed E-state index contributed by atoms with van der Waals surface area (Å²) >= 11 is 1.37. The Morgan fingerprint density at radius 1 is 1.36 bits per heavy atom. The first-order valence-corrected chi connectivity index (χ1v) is 10.2. The van der Waals surface area contributed by atoms with Gasteiger partial charge in [0.25, 0.3) is 0 Å². The van der Waals surface area contributed by atoms with E-state index >= 15 is 0 Å². The maximum absolute atomic E-state index is 12.5. The van der Waals surface area contributed by atoms with Gasteiger partial charge in [-0.25, -0.2) is 4.79 Å². The van der Waals surface area contributed by atoms with Crippen LogP contribution in [0.4, 0.5) is 9.80 Å². The molecular weight excluding hydrogens is 374 g/mol. The van der Waals surface area contributed by atoms with Crippen LogP contribution < -0.4 is 5.32 Å². The number of rotatable bonds is 5. The minimum absolute atomic E-state index is 0.0839. The predicted molar refractivity (Wildman–Crippen MR) is 108 cm³/mol. The van der Waals surface area contributed by atoms with Crippen LogP contribution in [0.5, 0.6) is 0 Å². The van der Waals surface area contributed by atoms with Crippen molar-refractivity contribution in [1.29, 1.82) is 5.26 Å². The summed E-state index contributed by atoms with van der Waals surface area (Å²) in [5.41, 5.74) is 2.55. The Morgan fingerprint density at radius 3 is 2.79 bits per heavy atom. The number of fused-ring (bicyclic) bond motifs is 1. The molecule has 0 radical (unpaired) electrons. The molecule has 1 aliphatic rings. The van der Waals surface area contributed by atoms with Crippen LogP contribution in [0.2, 0.25) is 0 Å². The number of carbonyl (C=O) groups excluding carboxylic acids is 2. The number of ether oxygens (including phenoxy) is 1. The lowest BCUT2D eigenvalue weighted by atomic mass is 9.97. The quantitative estimate of drug-likeness (QED) is 0.817. The largest absolute Gasteiger partial charge is 0.450 e. The minimum atomic E-state index is -0.345. The molecule has 146 valence electrons. The molecule has 0 spiro atoms. The highest BCUT2D eigenvalue weighted by Gasteiger charge is 2.28. The lowest BCUT2D eigenvalue weighted by molar-refractivity contribution is -0.116. The third-order valence-corrected chi connectivity index (χ3v) is 5.94. The van der Waals surface area contributed by atoms with Crippen molar-refractivity contribution in [3.05, 3.63) is 51.9 Å². The Balaban J connectivity index is 1.71. The van der Waals surface area contributed by atoms with Crippen molar-refractivity contribution in [2.24, 2.45) is 0 Å². The maximum Gasteiger partial charge on any atom is 0.410 e. The maximum atomic E-state index is 12.5. The van der Waals surface area contributed by atoms with E-state index in [0.29, 0.717) is 43.1 Å². The lowest BCUT2D eigenvalue weighted by Gasteiger charge is -2.25. The van der Waals surface area contributed by atoms with E-state index in [0.717, 1.165) is 16.0 Å². The summed E-state index contributed by atoms with van der Waals surface area (Å²) in [7, 11) is 0. The molecule has 1 aliphatic heterocycles. The van der Waals surface area contributed by atoms with Crippen LogP contribution in [-0.2, 0) is 22.5 Å². The molecule has 1 aromatic heterocycles. The van der Waals surface area contributed by atoms with Crippen molar-refractivity contribution in [1.82, 2.24) is 4.90 Å². The minimum Gasteiger partial charge on any atom is -0.450 e. The Morgan fingerprint density at radius 2 is 2.11 bits per heavy atom. The lowest BCUT2D eigenvalue weighted by Crippen LogP contribution is -2.35. The summed E-state index contributed by atoms with van der Waals surface area (Å²) in [4.78, 5) is 27.1. The molecule has 3 rings (SSSR count). The molecule has 0 bridgehead atoms. The molecule has 2 amide bonds. The van der Waals surface area contributed by atoms with E-state index in [1.54, 1.807) is 11.8 Å². The second kappa shape index (κ2) is 8.89. The smallest absolute Gasteiger partial charge is 0.410 e. The van der Waals surface area contributed by atoms with Crippen LogP contribution in [0.1, 0.15) is 47.8 Å². The van der Waals surface area contributed by atoms with Gasteiger partial charge >= 0.3 is 6.09 Å². The Hall–Kier alpha value is -2.85. The fourth-order valence-corrected chi connectivity index (χ4v) is 4.57. The van der Waals surface area contributed by atoms with E-state index in [1.807, 2.05) is 37.3 Å². The van der Waals surface area contributed by atoms with Gasteiger partial charge in [-0.15, -0.1) is 11.3 Å². The van der Waals surface area contributed by atoms with Gasteiger partial charge in [0.05, 0.1) is 18.7 Å². The molecule has 7 heteroatoms. The zero-order chi connectivity index (χ0) is 20.1. The zero-order valence-electron chi connectivity index (χ0n) is 16.0. The molecule has 0 saturated heterocycles. The van der Waals surface area contributed by atoms with E-state index in [1.165, 1.54) is 11.3 Å². The van der Waals surface area contributed by atoms with E-state index in [2.05, 4.69) is 11.4 Å². The van der Waals surface area contributed by atoms with Crippen LogP contribution in [0.3, 0.4) is 0 Å². The number of hydrogen-bond acceptors (Lipinski definition) is 5. The fraction of sp³-hybridized carbons (Fsp3) is 0.381. The Labute approximate surface area is 168 Å². The second-order valence-electron chi connectivity index (χ2n) is 6.75. The number of thiophene rings is 1. The van der Waals surface area contributed by atoms with Crippen molar-refractivity contribution >= 4 is 28.3 Å². The van der Waals surface area contributed by atoms with Crippen LogP contribution in [0, 0.1) is 11.3 Å². The number of benzene rings is 1. The Kier molecular flexibility index (Phi) is 6.32. The number of amides is 2. The molecule has 0 unspecified atom stereocenters. The highest BCUT2D eigenvalue weighted by molar-refractivity contribution is 7.16. The SMILES string of the molecule is CCOC(=O)N1CCc2c(sc(NC(=O)C[C@H](C)c3ccccc3)c2C#N)C1. The average molecular weight is 398 g/mol. The third kappa shape index (κ3) is 4.34. The summed E-state index contributed by atoms with van der Waals surface area (Å²) < 4.78 is 5.07. The molecule has 0 fully saturated rings. The zero-order valence-corrected chi connectivity index (χ0v) is 16.8. The van der Waals surface area contributed by atoms with E-state index in [9.17, 15) is 14.9 Å². The number of carbonyl (C=O) groups is 2. The number of nitrogens with one attached hydrogen (secondary N) is 1. The number of anilines is 1. The molecule has 6 nitrogen and oxygen atoms in total. The fourth-order valence-electron chi connectivity index (χ4n) is 3.34. The summed E-state index contributed by atoms with van der Waals surface area (Å²) in [6.45, 7) is 5.03. The van der Waals surface area contributed by atoms with Gasteiger partial charge < -0.3 is 15.0 Å². The van der Waals surface area contributed by atoms with Gasteiger partial charge in [-0.2, -0.15) is 5.26 Å². The molecular formula is C21H23N3O3S. The molecule has 28 heavy (non-hydrogen) atoms. The third-order valence-electron chi connectivity index (χ3n) is 4.81. The number of nitrogens with zero attached hydrogens (tertiary/aromatic N) is 2. The first-order valence-electron chi connectivity index (χ1n) is 9.34. The summed E-state index contributed by atoms with van der Waals surface area (Å²) in [6.07, 6.45) is 0.582. The summed E-state index contributed by atoms with van der Waals surface area (Å²) in [5, 5.41) is 13.1. The Bertz CT molecular complexity index is 902. The van der Waals surface area contributed by atoms with E-state index in [4.69, 9.17) is 4.74 Å². The molecule has 1 N–H and O–H groups in total. The topological polar surface area (TPSA) is 82.4 Å². The van der Waals surface area contributed by atoms with Crippen LogP contribution >= 0.6 is 11.3 Å². The standard InChI is InChI=1S/C21H23N3O3S/c1-3-27-21(26)24-10-9-16-17(12-22)20(28-18(16)13-24)23-19(25)11-14(2)15-7-5-4-6-8-15/h4-8,14H,3,9-11,13H2,1-2H3,(H,23,25)/t14-/m0/s1. The van der Waals surface area contributed by atoms with Crippen molar-refractivity contribution in [2.45, 2.75) is 39.2 Å². The molecule has 1 aromatic carbocycles. The first kappa shape index (κ1) is 19.9. The van der Waals surface area contributed by atoms with Crippen molar-refractivity contribution in [3.63, 3.8) is 0 Å².